The van der Waals surface area contributed by atoms with E-state index in [0.717, 1.165) is 40.9 Å². The third kappa shape index (κ3) is 3.19. The number of nitrogens with zero attached hydrogens (tertiary/aromatic N) is 6. The Morgan fingerprint density at radius 1 is 1.08 bits per heavy atom. The highest BCUT2D eigenvalue weighted by Crippen LogP contribution is 2.44. The maximum absolute atomic E-state index is 15.1. The fraction of sp³-hybridized carbons (Fsp3) is 0.286. The maximum atomic E-state index is 15.1. The van der Waals surface area contributed by atoms with Crippen molar-refractivity contribution in [1.29, 1.82) is 0 Å². The molecular weight excluding hydrogens is 471 g/mol. The monoisotopic (exact) mass is 496 g/mol. The topological polar surface area (TPSA) is 89.1 Å². The first kappa shape index (κ1) is 22.0. The predicted molar refractivity (Wildman–Crippen MR) is 138 cm³/mol. The van der Waals surface area contributed by atoms with Crippen molar-refractivity contribution in [2.45, 2.75) is 25.8 Å². The molecule has 2 fully saturated rings. The van der Waals surface area contributed by atoms with E-state index >= 15 is 4.39 Å². The number of carboxylic acids is 1. The average molecular weight is 497 g/mol. The van der Waals surface area contributed by atoms with Crippen molar-refractivity contribution in [2.24, 2.45) is 18.9 Å². The molecule has 9 heteroatoms. The normalized spacial score (nSPS) is 20.9. The van der Waals surface area contributed by atoms with E-state index in [4.69, 9.17) is 10.1 Å². The molecule has 1 aliphatic carbocycles. The number of hydrogen-bond donors (Lipinski definition) is 1. The number of carboxylic acid groups (broad SMARTS) is 1. The molecule has 2 aliphatic rings. The number of pyridine rings is 1. The zero-order chi connectivity index (χ0) is 25.4. The number of aliphatic carboxylic acids is 1. The summed E-state index contributed by atoms with van der Waals surface area (Å²) in [5.74, 6) is -0.284. The van der Waals surface area contributed by atoms with Crippen molar-refractivity contribution in [2.75, 3.05) is 11.4 Å². The summed E-state index contributed by atoms with van der Waals surface area (Å²) < 4.78 is 18.2. The van der Waals surface area contributed by atoms with Gasteiger partial charge in [-0.15, -0.1) is 0 Å². The van der Waals surface area contributed by atoms with Crippen LogP contribution >= 0.6 is 0 Å². The number of aryl methyl sites for hydroxylation is 2. The molecule has 1 saturated carbocycles. The van der Waals surface area contributed by atoms with E-state index in [9.17, 15) is 9.90 Å². The van der Waals surface area contributed by atoms with Gasteiger partial charge in [-0.3, -0.25) is 4.79 Å². The largest absolute Gasteiger partial charge is 0.481 e. The summed E-state index contributed by atoms with van der Waals surface area (Å²) in [6.45, 7) is 2.76. The van der Waals surface area contributed by atoms with Crippen molar-refractivity contribution in [3.05, 3.63) is 66.2 Å². The number of halogens is 1. The number of anilines is 1. The van der Waals surface area contributed by atoms with Crippen LogP contribution < -0.4 is 4.90 Å². The van der Waals surface area contributed by atoms with Gasteiger partial charge in [-0.2, -0.15) is 14.6 Å². The predicted octanol–water partition coefficient (Wildman–Crippen LogP) is 4.72. The van der Waals surface area contributed by atoms with E-state index in [2.05, 4.69) is 10.00 Å². The van der Waals surface area contributed by atoms with Crippen molar-refractivity contribution >= 4 is 33.6 Å². The molecule has 1 saturated heterocycles. The molecule has 7 rings (SSSR count). The fourth-order valence-corrected chi connectivity index (χ4v) is 6.34. The van der Waals surface area contributed by atoms with Gasteiger partial charge in [0.05, 0.1) is 34.2 Å². The van der Waals surface area contributed by atoms with Crippen LogP contribution in [0, 0.1) is 24.7 Å². The lowest BCUT2D eigenvalue weighted by atomic mass is 9.95. The van der Waals surface area contributed by atoms with Gasteiger partial charge in [0.2, 0.25) is 5.95 Å². The van der Waals surface area contributed by atoms with Crippen LogP contribution in [-0.2, 0) is 11.8 Å². The first-order chi connectivity index (χ1) is 17.9. The van der Waals surface area contributed by atoms with E-state index in [-0.39, 0.29) is 17.9 Å². The third-order valence-electron chi connectivity index (χ3n) is 8.08. The average Bonchev–Trinajstić information content (AvgIpc) is 3.66. The molecular formula is C28H25FN6O2. The third-order valence-corrected chi connectivity index (χ3v) is 8.08. The summed E-state index contributed by atoms with van der Waals surface area (Å²) in [4.78, 5) is 18.5. The molecule has 2 aromatic carbocycles. The molecule has 186 valence electrons. The minimum absolute atomic E-state index is 0.180. The molecule has 0 radical (unpaired) electrons. The number of fused-ring (bicyclic) bond motifs is 4. The van der Waals surface area contributed by atoms with Crippen LogP contribution in [0.25, 0.3) is 38.8 Å². The second kappa shape index (κ2) is 7.86. The van der Waals surface area contributed by atoms with Gasteiger partial charge in [0, 0.05) is 30.6 Å². The lowest BCUT2D eigenvalue weighted by Gasteiger charge is -2.30. The number of para-hydroxylation sites is 1. The van der Waals surface area contributed by atoms with Crippen LogP contribution in [0.15, 0.2) is 54.7 Å². The Kier molecular flexibility index (Phi) is 4.67. The van der Waals surface area contributed by atoms with Crippen LogP contribution in [0.5, 0.6) is 0 Å². The maximum Gasteiger partial charge on any atom is 0.306 e. The van der Waals surface area contributed by atoms with Crippen LogP contribution in [-0.4, -0.2) is 48.2 Å². The van der Waals surface area contributed by atoms with Crippen molar-refractivity contribution in [3.8, 4) is 16.9 Å². The van der Waals surface area contributed by atoms with Gasteiger partial charge in [-0.25, -0.2) is 14.3 Å². The molecule has 0 spiro atoms. The SMILES string of the molecule is Cc1cccc2c(-c3cccc4nn(C)c(F)c34)nn(-c3ccc(N4C[C@H]5C[C@@H]4C[C@@H]5C(=O)O)nc3)c12. The van der Waals surface area contributed by atoms with Gasteiger partial charge in [0.15, 0.2) is 0 Å². The van der Waals surface area contributed by atoms with Crippen LogP contribution in [0.1, 0.15) is 18.4 Å². The lowest BCUT2D eigenvalue weighted by molar-refractivity contribution is -0.143. The molecule has 0 amide bonds. The van der Waals surface area contributed by atoms with E-state index in [1.807, 2.05) is 60.3 Å². The Morgan fingerprint density at radius 2 is 1.92 bits per heavy atom. The second-order valence-electron chi connectivity index (χ2n) is 10.2. The molecule has 5 aromatic rings. The molecule has 37 heavy (non-hydrogen) atoms. The van der Waals surface area contributed by atoms with Crippen molar-refractivity contribution < 1.29 is 14.3 Å². The summed E-state index contributed by atoms with van der Waals surface area (Å²) >= 11 is 0. The minimum atomic E-state index is -0.686. The van der Waals surface area contributed by atoms with E-state index in [1.54, 1.807) is 13.1 Å². The summed E-state index contributed by atoms with van der Waals surface area (Å²) in [6, 6.07) is 15.8. The van der Waals surface area contributed by atoms with Crippen molar-refractivity contribution in [3.63, 3.8) is 0 Å². The van der Waals surface area contributed by atoms with Gasteiger partial charge in [0.1, 0.15) is 11.5 Å². The highest BCUT2D eigenvalue weighted by molar-refractivity contribution is 6.03. The Bertz CT molecular complexity index is 1710. The Balaban J connectivity index is 1.31. The second-order valence-corrected chi connectivity index (χ2v) is 10.2. The van der Waals surface area contributed by atoms with Crippen LogP contribution in [0.3, 0.4) is 0 Å². The minimum Gasteiger partial charge on any atom is -0.481 e. The fourth-order valence-electron chi connectivity index (χ4n) is 6.34. The van der Waals surface area contributed by atoms with E-state index in [0.29, 0.717) is 28.6 Å². The van der Waals surface area contributed by atoms with E-state index in [1.165, 1.54) is 4.68 Å². The zero-order valence-corrected chi connectivity index (χ0v) is 20.5. The number of piperidine rings is 1. The molecule has 2 bridgehead atoms. The van der Waals surface area contributed by atoms with Gasteiger partial charge in [-0.05, 0) is 49.4 Å². The molecule has 3 aromatic heterocycles. The zero-order valence-electron chi connectivity index (χ0n) is 20.5. The van der Waals surface area contributed by atoms with Crippen LogP contribution in [0.2, 0.25) is 0 Å². The quantitative estimate of drug-likeness (QED) is 0.387. The number of hydrogen-bond acceptors (Lipinski definition) is 5. The molecule has 4 heterocycles. The number of benzene rings is 2. The number of aromatic nitrogens is 5. The molecule has 1 N–H and O–H groups in total. The number of carbonyl (C=O) groups is 1. The smallest absolute Gasteiger partial charge is 0.306 e. The van der Waals surface area contributed by atoms with Crippen LogP contribution in [0.4, 0.5) is 10.2 Å². The summed E-state index contributed by atoms with van der Waals surface area (Å²) in [5.41, 5.74) is 4.78. The summed E-state index contributed by atoms with van der Waals surface area (Å²) in [7, 11) is 1.60. The molecule has 0 unspecified atom stereocenters. The van der Waals surface area contributed by atoms with E-state index < -0.39 is 11.9 Å². The van der Waals surface area contributed by atoms with Gasteiger partial charge < -0.3 is 10.0 Å². The first-order valence-corrected chi connectivity index (χ1v) is 12.5. The Morgan fingerprint density at radius 3 is 2.65 bits per heavy atom. The van der Waals surface area contributed by atoms with Gasteiger partial charge in [0.25, 0.3) is 0 Å². The van der Waals surface area contributed by atoms with Crippen molar-refractivity contribution in [1.82, 2.24) is 24.5 Å². The lowest BCUT2D eigenvalue weighted by Crippen LogP contribution is -2.38. The molecule has 3 atom stereocenters. The standard InChI is InChI=1S/C28H25FN6O2/c1-15-5-3-7-20-25(19-6-4-8-22-24(19)27(29)33(2)31-22)32-35(26(15)20)17-9-10-23(30-13-17)34-14-16-11-18(34)12-21(16)28(36)37/h3-10,13,16,18,21H,11-12,14H2,1-2H3,(H,36,37)/t16-,18-,21+/m1/s1. The summed E-state index contributed by atoms with van der Waals surface area (Å²) in [5, 5.41) is 20.1. The highest BCUT2D eigenvalue weighted by Gasteiger charge is 2.48. The first-order valence-electron chi connectivity index (χ1n) is 12.5. The van der Waals surface area contributed by atoms with Gasteiger partial charge >= 0.3 is 5.97 Å². The molecule has 8 nitrogen and oxygen atoms in total. The Hall–Kier alpha value is -4.27. The summed E-state index contributed by atoms with van der Waals surface area (Å²) in [6.07, 6.45) is 3.39. The number of rotatable bonds is 4. The molecule has 1 aliphatic heterocycles. The Labute approximate surface area is 211 Å². The highest BCUT2D eigenvalue weighted by atomic mass is 19.1. The van der Waals surface area contributed by atoms with Gasteiger partial charge in [-0.1, -0.05) is 30.3 Å².